The molecule has 2 rings (SSSR count). The third-order valence-corrected chi connectivity index (χ3v) is 4.08. The van der Waals surface area contributed by atoms with Gasteiger partial charge in [0.15, 0.2) is 6.61 Å². The molecule has 0 unspecified atom stereocenters. The highest BCUT2D eigenvalue weighted by Crippen LogP contribution is 2.29. The number of pyridine rings is 1. The molecule has 0 radical (unpaired) electrons. The lowest BCUT2D eigenvalue weighted by molar-refractivity contribution is -0.123. The summed E-state index contributed by atoms with van der Waals surface area (Å²) in [5.74, 6) is 0.0742. The number of halogens is 1. The molecule has 0 aliphatic rings. The average molecular weight is 407 g/mol. The van der Waals surface area contributed by atoms with Crippen molar-refractivity contribution in [2.24, 2.45) is 5.10 Å². The summed E-state index contributed by atoms with van der Waals surface area (Å²) in [4.78, 5) is 16.0. The van der Waals surface area contributed by atoms with E-state index in [1.807, 2.05) is 6.07 Å². The third-order valence-electron chi connectivity index (χ3n) is 3.03. The maximum absolute atomic E-state index is 11.8. The molecule has 25 heavy (non-hydrogen) atoms. The van der Waals surface area contributed by atoms with Crippen molar-refractivity contribution in [2.75, 3.05) is 13.7 Å². The van der Waals surface area contributed by atoms with Crippen LogP contribution >= 0.6 is 15.9 Å². The Morgan fingerprint density at radius 1 is 1.60 bits per heavy atom. The molecule has 130 valence electrons. The number of methoxy groups -OCH3 is 1. The fourth-order valence-corrected chi connectivity index (χ4v) is 2.31. The number of hydrazone groups is 1. The first-order valence-corrected chi connectivity index (χ1v) is 7.92. The quantitative estimate of drug-likeness (QED) is 0.557. The van der Waals surface area contributed by atoms with Gasteiger partial charge in [-0.15, -0.1) is 0 Å². The van der Waals surface area contributed by atoms with Crippen LogP contribution in [0.5, 0.6) is 5.88 Å². The molecule has 2 aromatic heterocycles. The first kappa shape index (κ1) is 18.6. The molecule has 0 aliphatic heterocycles. The van der Waals surface area contributed by atoms with E-state index in [4.69, 9.17) is 13.9 Å². The summed E-state index contributed by atoms with van der Waals surface area (Å²) in [6.45, 7) is 1.62. The van der Waals surface area contributed by atoms with Crippen LogP contribution in [0, 0.1) is 18.3 Å². The molecule has 2 aromatic rings. The third kappa shape index (κ3) is 4.89. The minimum Gasteiger partial charge on any atom is -0.467 e. The van der Waals surface area contributed by atoms with E-state index < -0.39 is 5.91 Å². The van der Waals surface area contributed by atoms with Crippen LogP contribution in [0.4, 0.5) is 0 Å². The van der Waals surface area contributed by atoms with E-state index in [9.17, 15) is 10.1 Å². The summed E-state index contributed by atoms with van der Waals surface area (Å²) < 4.78 is 16.2. The molecule has 0 atom stereocenters. The van der Waals surface area contributed by atoms with Gasteiger partial charge in [0.2, 0.25) is 5.88 Å². The number of furan rings is 1. The number of rotatable bonds is 7. The Balaban J connectivity index is 2.04. The maximum Gasteiger partial charge on any atom is 0.278 e. The highest BCUT2D eigenvalue weighted by molar-refractivity contribution is 9.10. The van der Waals surface area contributed by atoms with Crippen molar-refractivity contribution in [1.29, 1.82) is 5.26 Å². The largest absolute Gasteiger partial charge is 0.467 e. The summed E-state index contributed by atoms with van der Waals surface area (Å²) in [6.07, 6.45) is 2.85. The van der Waals surface area contributed by atoms with Crippen molar-refractivity contribution >= 4 is 28.1 Å². The van der Waals surface area contributed by atoms with Crippen LogP contribution in [0.2, 0.25) is 0 Å². The molecule has 0 fully saturated rings. The number of hydrogen-bond acceptors (Lipinski definition) is 7. The molecule has 0 saturated carbocycles. The lowest BCUT2D eigenvalue weighted by Gasteiger charge is -2.13. The summed E-state index contributed by atoms with van der Waals surface area (Å²) in [6, 6.07) is 5.43. The van der Waals surface area contributed by atoms with Crippen LogP contribution in [0.15, 0.2) is 32.4 Å². The van der Waals surface area contributed by atoms with Crippen LogP contribution in [-0.2, 0) is 16.1 Å². The van der Waals surface area contributed by atoms with E-state index in [0.717, 1.165) is 0 Å². The molecule has 0 aliphatic carbocycles. The number of amides is 1. The van der Waals surface area contributed by atoms with Crippen molar-refractivity contribution in [3.63, 3.8) is 0 Å². The second-order valence-corrected chi connectivity index (χ2v) is 5.60. The summed E-state index contributed by atoms with van der Waals surface area (Å²) >= 11 is 3.38. The van der Waals surface area contributed by atoms with E-state index in [1.54, 1.807) is 19.1 Å². The van der Waals surface area contributed by atoms with Crippen molar-refractivity contribution in [3.8, 4) is 11.9 Å². The monoisotopic (exact) mass is 406 g/mol. The highest BCUT2D eigenvalue weighted by atomic mass is 79.9. The van der Waals surface area contributed by atoms with Crippen molar-refractivity contribution in [2.45, 2.75) is 13.5 Å². The van der Waals surface area contributed by atoms with Gasteiger partial charge in [-0.3, -0.25) is 4.79 Å². The molecule has 9 heteroatoms. The van der Waals surface area contributed by atoms with Gasteiger partial charge in [0.25, 0.3) is 5.91 Å². The predicted molar refractivity (Wildman–Crippen MR) is 92.0 cm³/mol. The first-order valence-electron chi connectivity index (χ1n) is 7.13. The Bertz CT molecular complexity index is 813. The summed E-state index contributed by atoms with van der Waals surface area (Å²) in [5.41, 5.74) is 3.75. The Hall–Kier alpha value is -2.70. The maximum atomic E-state index is 11.8. The lowest BCUT2D eigenvalue weighted by atomic mass is 10.1. The molecule has 1 amide bonds. The molecule has 0 bridgehead atoms. The zero-order valence-corrected chi connectivity index (χ0v) is 15.2. The Labute approximate surface area is 152 Å². The zero-order chi connectivity index (χ0) is 18.2. The van der Waals surface area contributed by atoms with Gasteiger partial charge in [-0.1, -0.05) is 0 Å². The van der Waals surface area contributed by atoms with Crippen LogP contribution in [0.1, 0.15) is 22.6 Å². The number of nitrogens with zero attached hydrogens (tertiary/aromatic N) is 3. The zero-order valence-electron chi connectivity index (χ0n) is 13.6. The lowest BCUT2D eigenvalue weighted by Crippen LogP contribution is -2.25. The summed E-state index contributed by atoms with van der Waals surface area (Å²) in [5, 5.41) is 13.1. The SMILES string of the molecule is COCc1c(Br)c(C)nc(OCC(=O)N/N=C\c2ccco2)c1C#N. The highest BCUT2D eigenvalue weighted by Gasteiger charge is 2.18. The van der Waals surface area contributed by atoms with Gasteiger partial charge < -0.3 is 13.9 Å². The Morgan fingerprint density at radius 2 is 2.40 bits per heavy atom. The fourth-order valence-electron chi connectivity index (χ4n) is 1.91. The van der Waals surface area contributed by atoms with E-state index >= 15 is 0 Å². The average Bonchev–Trinajstić information content (AvgIpc) is 3.11. The summed E-state index contributed by atoms with van der Waals surface area (Å²) in [7, 11) is 1.52. The predicted octanol–water partition coefficient (Wildman–Crippen LogP) is 2.29. The number of carbonyl (C=O) groups excluding carboxylic acids is 1. The van der Waals surface area contributed by atoms with Crippen LogP contribution in [0.25, 0.3) is 0 Å². The molecule has 0 saturated heterocycles. The second kappa shape index (κ2) is 8.96. The number of hydrogen-bond donors (Lipinski definition) is 1. The molecule has 2 heterocycles. The fraction of sp³-hybridized carbons (Fsp3) is 0.250. The molecule has 0 aromatic carbocycles. The first-order chi connectivity index (χ1) is 12.1. The number of aryl methyl sites for hydroxylation is 1. The standard InChI is InChI=1S/C16H15BrN4O4/c1-10-15(17)13(8-23-2)12(6-18)16(20-10)25-9-14(22)21-19-7-11-4-3-5-24-11/h3-5,7H,8-9H2,1-2H3,(H,21,22)/b19-7-. The van der Waals surface area contributed by atoms with Gasteiger partial charge >= 0.3 is 0 Å². The minimum absolute atomic E-state index is 0.0698. The molecule has 0 spiro atoms. The van der Waals surface area contributed by atoms with E-state index in [1.165, 1.54) is 19.6 Å². The number of ether oxygens (including phenoxy) is 2. The van der Waals surface area contributed by atoms with E-state index in [-0.39, 0.29) is 24.7 Å². The Morgan fingerprint density at radius 3 is 3.04 bits per heavy atom. The Kier molecular flexibility index (Phi) is 6.68. The van der Waals surface area contributed by atoms with Gasteiger partial charge in [0.1, 0.15) is 17.4 Å². The number of carbonyl (C=O) groups is 1. The van der Waals surface area contributed by atoms with Gasteiger partial charge in [-0.25, -0.2) is 10.4 Å². The number of nitriles is 1. The normalized spacial score (nSPS) is 10.6. The minimum atomic E-state index is -0.498. The van der Waals surface area contributed by atoms with Crippen molar-refractivity contribution in [3.05, 3.63) is 45.4 Å². The van der Waals surface area contributed by atoms with Gasteiger partial charge in [-0.2, -0.15) is 10.4 Å². The van der Waals surface area contributed by atoms with Gasteiger partial charge in [-0.05, 0) is 35.0 Å². The number of nitrogens with one attached hydrogen (secondary N) is 1. The van der Waals surface area contributed by atoms with Gasteiger partial charge in [0.05, 0.1) is 24.8 Å². The number of aromatic nitrogens is 1. The molecule has 1 N–H and O–H groups in total. The van der Waals surface area contributed by atoms with E-state index in [0.29, 0.717) is 21.5 Å². The van der Waals surface area contributed by atoms with Crippen molar-refractivity contribution in [1.82, 2.24) is 10.4 Å². The van der Waals surface area contributed by atoms with Crippen LogP contribution in [-0.4, -0.2) is 30.8 Å². The van der Waals surface area contributed by atoms with Crippen molar-refractivity contribution < 1.29 is 18.7 Å². The topological polar surface area (TPSA) is 110 Å². The van der Waals surface area contributed by atoms with Gasteiger partial charge in [0, 0.05) is 17.1 Å². The molecular weight excluding hydrogens is 392 g/mol. The van der Waals surface area contributed by atoms with Crippen LogP contribution < -0.4 is 10.2 Å². The smallest absolute Gasteiger partial charge is 0.278 e. The van der Waals surface area contributed by atoms with E-state index in [2.05, 4.69) is 31.4 Å². The molecular formula is C16H15BrN4O4. The second-order valence-electron chi connectivity index (χ2n) is 4.81. The molecule has 8 nitrogen and oxygen atoms in total. The van der Waals surface area contributed by atoms with Crippen LogP contribution in [0.3, 0.4) is 0 Å².